The molecular weight excluding hydrogens is 213 g/mol. The summed E-state index contributed by atoms with van der Waals surface area (Å²) in [6, 6.07) is 5.51. The molecule has 16 heavy (non-hydrogen) atoms. The molecule has 0 bridgehead atoms. The third-order valence-electron chi connectivity index (χ3n) is 2.05. The molecule has 0 unspecified atom stereocenters. The molecule has 0 aliphatic carbocycles. The van der Waals surface area contributed by atoms with Crippen molar-refractivity contribution in [3.8, 4) is 0 Å². The molecule has 2 rings (SSSR count). The van der Waals surface area contributed by atoms with Crippen molar-refractivity contribution in [1.29, 1.82) is 0 Å². The van der Waals surface area contributed by atoms with E-state index in [0.29, 0.717) is 11.4 Å². The average molecular weight is 221 g/mol. The van der Waals surface area contributed by atoms with Gasteiger partial charge in [0.2, 0.25) is 5.82 Å². The zero-order chi connectivity index (χ0) is 11.5. The van der Waals surface area contributed by atoms with Crippen LogP contribution in [0, 0.1) is 5.82 Å². The Balaban J connectivity index is 2.46. The molecule has 1 aromatic carbocycles. The molecule has 0 radical (unpaired) electrons. The number of benzene rings is 1. The summed E-state index contributed by atoms with van der Waals surface area (Å²) >= 11 is 0. The summed E-state index contributed by atoms with van der Waals surface area (Å²) < 4.78 is 14.1. The van der Waals surface area contributed by atoms with E-state index in [1.54, 1.807) is 7.05 Å². The predicted octanol–water partition coefficient (Wildman–Crippen LogP) is 0.576. The number of halogens is 1. The molecule has 0 spiro atoms. The van der Waals surface area contributed by atoms with E-state index in [4.69, 9.17) is 5.21 Å². The summed E-state index contributed by atoms with van der Waals surface area (Å²) in [7, 11) is 1.62. The lowest BCUT2D eigenvalue weighted by molar-refractivity contribution is 0.319. The highest BCUT2D eigenvalue weighted by Crippen LogP contribution is 2.08. The van der Waals surface area contributed by atoms with Crippen molar-refractivity contribution in [1.82, 2.24) is 20.2 Å². The first-order chi connectivity index (χ1) is 7.72. The lowest BCUT2D eigenvalue weighted by atomic mass is 10.1. The molecule has 82 valence electrons. The molecule has 0 amide bonds. The van der Waals surface area contributed by atoms with Gasteiger partial charge in [-0.1, -0.05) is 5.16 Å². The first-order valence-corrected chi connectivity index (χ1v) is 4.43. The van der Waals surface area contributed by atoms with Gasteiger partial charge in [0, 0.05) is 12.6 Å². The Morgan fingerprint density at radius 1 is 1.38 bits per heavy atom. The molecular formula is C9H8FN5O. The highest BCUT2D eigenvalue weighted by atomic mass is 19.1. The van der Waals surface area contributed by atoms with Crippen LogP contribution >= 0.6 is 0 Å². The maximum absolute atomic E-state index is 12.7. The Morgan fingerprint density at radius 2 is 2.06 bits per heavy atom. The zero-order valence-electron chi connectivity index (χ0n) is 8.37. The van der Waals surface area contributed by atoms with E-state index in [0.717, 1.165) is 0 Å². The molecule has 0 aliphatic rings. The number of aromatic nitrogens is 4. The van der Waals surface area contributed by atoms with Crippen LogP contribution in [0.15, 0.2) is 29.4 Å². The zero-order valence-corrected chi connectivity index (χ0v) is 8.37. The van der Waals surface area contributed by atoms with E-state index >= 15 is 0 Å². The SMILES string of the molecule is Cn1nnnc1C(=NO)c1ccc(F)cc1. The first kappa shape index (κ1) is 10.2. The van der Waals surface area contributed by atoms with Crippen LogP contribution in [0.4, 0.5) is 4.39 Å². The third-order valence-corrected chi connectivity index (χ3v) is 2.05. The van der Waals surface area contributed by atoms with Gasteiger partial charge in [-0.25, -0.2) is 9.07 Å². The van der Waals surface area contributed by atoms with E-state index < -0.39 is 0 Å². The summed E-state index contributed by atoms with van der Waals surface area (Å²) in [5.74, 6) is -0.0637. The minimum absolute atomic E-state index is 0.188. The fourth-order valence-corrected chi connectivity index (χ4v) is 1.27. The van der Waals surface area contributed by atoms with Crippen molar-refractivity contribution in [2.75, 3.05) is 0 Å². The number of aryl methyl sites for hydroxylation is 1. The topological polar surface area (TPSA) is 76.2 Å². The molecule has 6 nitrogen and oxygen atoms in total. The quantitative estimate of drug-likeness (QED) is 0.457. The normalized spacial score (nSPS) is 11.8. The van der Waals surface area contributed by atoms with Crippen molar-refractivity contribution >= 4 is 5.71 Å². The van der Waals surface area contributed by atoms with Crippen molar-refractivity contribution in [2.24, 2.45) is 12.2 Å². The third kappa shape index (κ3) is 1.74. The van der Waals surface area contributed by atoms with Gasteiger partial charge in [0.1, 0.15) is 5.82 Å². The molecule has 1 aromatic heterocycles. The number of nitrogens with zero attached hydrogens (tertiary/aromatic N) is 5. The minimum atomic E-state index is -0.364. The number of hydrogen-bond acceptors (Lipinski definition) is 5. The molecule has 0 fully saturated rings. The van der Waals surface area contributed by atoms with E-state index in [-0.39, 0.29) is 11.5 Å². The average Bonchev–Trinajstić information content (AvgIpc) is 2.69. The van der Waals surface area contributed by atoms with Gasteiger partial charge in [0.15, 0.2) is 5.71 Å². The Bertz CT molecular complexity index is 519. The fourth-order valence-electron chi connectivity index (χ4n) is 1.27. The van der Waals surface area contributed by atoms with Crippen LogP contribution in [0.25, 0.3) is 0 Å². The first-order valence-electron chi connectivity index (χ1n) is 4.43. The highest BCUT2D eigenvalue weighted by molar-refractivity contribution is 6.10. The summed E-state index contributed by atoms with van der Waals surface area (Å²) in [5.41, 5.74) is 0.717. The van der Waals surface area contributed by atoms with E-state index in [9.17, 15) is 4.39 Å². The predicted molar refractivity (Wildman–Crippen MR) is 52.6 cm³/mol. The molecule has 0 atom stereocenters. The lowest BCUT2D eigenvalue weighted by Gasteiger charge is -2.02. The second-order valence-electron chi connectivity index (χ2n) is 3.08. The van der Waals surface area contributed by atoms with E-state index in [1.807, 2.05) is 0 Å². The number of oxime groups is 1. The molecule has 2 aromatic rings. The van der Waals surface area contributed by atoms with Crippen LogP contribution in [0.3, 0.4) is 0 Å². The smallest absolute Gasteiger partial charge is 0.204 e. The minimum Gasteiger partial charge on any atom is -0.410 e. The molecule has 1 N–H and O–H groups in total. The second kappa shape index (κ2) is 4.05. The van der Waals surface area contributed by atoms with E-state index in [1.165, 1.54) is 28.9 Å². The summed E-state index contributed by atoms with van der Waals surface area (Å²) in [6.45, 7) is 0. The van der Waals surface area contributed by atoms with Gasteiger partial charge in [0.05, 0.1) is 0 Å². The van der Waals surface area contributed by atoms with Gasteiger partial charge < -0.3 is 5.21 Å². The van der Waals surface area contributed by atoms with Crippen LogP contribution in [-0.2, 0) is 7.05 Å². The van der Waals surface area contributed by atoms with Crippen LogP contribution in [-0.4, -0.2) is 31.1 Å². The maximum Gasteiger partial charge on any atom is 0.204 e. The van der Waals surface area contributed by atoms with Gasteiger partial charge in [-0.15, -0.1) is 5.10 Å². The van der Waals surface area contributed by atoms with Gasteiger partial charge in [-0.2, -0.15) is 0 Å². The summed E-state index contributed by atoms with van der Waals surface area (Å²) in [5, 5.41) is 22.8. The van der Waals surface area contributed by atoms with Crippen LogP contribution in [0.2, 0.25) is 0 Å². The second-order valence-corrected chi connectivity index (χ2v) is 3.08. The lowest BCUT2D eigenvalue weighted by Crippen LogP contribution is -2.11. The van der Waals surface area contributed by atoms with E-state index in [2.05, 4.69) is 20.7 Å². The maximum atomic E-state index is 12.7. The van der Waals surface area contributed by atoms with Gasteiger partial charge in [0.25, 0.3) is 0 Å². The fraction of sp³-hybridized carbons (Fsp3) is 0.111. The molecule has 0 saturated heterocycles. The molecule has 0 aliphatic heterocycles. The highest BCUT2D eigenvalue weighted by Gasteiger charge is 2.14. The molecule has 1 heterocycles. The van der Waals surface area contributed by atoms with Gasteiger partial charge in [-0.05, 0) is 34.7 Å². The van der Waals surface area contributed by atoms with Crippen molar-refractivity contribution < 1.29 is 9.60 Å². The van der Waals surface area contributed by atoms with Crippen molar-refractivity contribution in [3.63, 3.8) is 0 Å². The Hall–Kier alpha value is -2.31. The van der Waals surface area contributed by atoms with Crippen LogP contribution < -0.4 is 0 Å². The van der Waals surface area contributed by atoms with Gasteiger partial charge in [-0.3, -0.25) is 0 Å². The Morgan fingerprint density at radius 3 is 2.56 bits per heavy atom. The monoisotopic (exact) mass is 221 g/mol. The standard InChI is InChI=1S/C9H8FN5O/c1-15-9(11-13-14-15)8(12-16)6-2-4-7(10)5-3-6/h2-5,16H,1H3. The van der Waals surface area contributed by atoms with Gasteiger partial charge >= 0.3 is 0 Å². The van der Waals surface area contributed by atoms with Crippen LogP contribution in [0.1, 0.15) is 11.4 Å². The number of hydrogen-bond donors (Lipinski definition) is 1. The largest absolute Gasteiger partial charge is 0.410 e. The molecule has 0 saturated carbocycles. The van der Waals surface area contributed by atoms with Crippen LogP contribution in [0.5, 0.6) is 0 Å². The van der Waals surface area contributed by atoms with Crippen molar-refractivity contribution in [2.45, 2.75) is 0 Å². The number of rotatable bonds is 2. The Kier molecular flexibility index (Phi) is 2.59. The number of tetrazole rings is 1. The summed E-state index contributed by atoms with van der Waals surface area (Å²) in [4.78, 5) is 0. The summed E-state index contributed by atoms with van der Waals surface area (Å²) in [6.07, 6.45) is 0. The molecule has 7 heteroatoms. The van der Waals surface area contributed by atoms with Crippen molar-refractivity contribution in [3.05, 3.63) is 41.5 Å². The Labute approximate surface area is 90.0 Å².